The van der Waals surface area contributed by atoms with Crippen LogP contribution < -0.4 is 0 Å². The first kappa shape index (κ1) is 24.1. The smallest absolute Gasteiger partial charge is 0.300 e. The number of aliphatic carboxylic acids is 3. The van der Waals surface area contributed by atoms with Crippen LogP contribution in [0.3, 0.4) is 0 Å². The average molecular weight is 251 g/mol. The Bertz CT molecular complexity index is 195. The van der Waals surface area contributed by atoms with Gasteiger partial charge in [-0.1, -0.05) is 0 Å². The number of carboxylic acids is 3. The zero-order chi connectivity index (χ0) is 14.9. The molecule has 0 heterocycles. The van der Waals surface area contributed by atoms with Crippen molar-refractivity contribution in [3.05, 3.63) is 0 Å². The van der Waals surface area contributed by atoms with Crippen LogP contribution in [0.25, 0.3) is 0 Å². The highest BCUT2D eigenvalue weighted by molar-refractivity contribution is 5.63. The molecule has 9 nitrogen and oxygen atoms in total. The van der Waals surface area contributed by atoms with Gasteiger partial charge in [0.1, 0.15) is 0 Å². The second-order valence-electron chi connectivity index (χ2n) is 2.10. The lowest BCUT2D eigenvalue weighted by molar-refractivity contribution is -0.135. The van der Waals surface area contributed by atoms with Crippen molar-refractivity contribution in [3.63, 3.8) is 0 Å². The monoisotopic (exact) mass is 251 g/mol. The van der Waals surface area contributed by atoms with Crippen LogP contribution in [-0.2, 0) is 14.4 Å². The van der Waals surface area contributed by atoms with Gasteiger partial charge in [0.15, 0.2) is 0 Å². The van der Waals surface area contributed by atoms with Crippen LogP contribution >= 0.6 is 0 Å². The molecule has 100 valence electrons. The number of nitrogens with one attached hydrogen (secondary N) is 2. The number of carboxylic acid groups (broad SMARTS) is 3. The number of hydrogen-bond donors (Lipinski definition) is 5. The van der Waals surface area contributed by atoms with E-state index in [2.05, 4.69) is 5.11 Å². The fourth-order valence-corrected chi connectivity index (χ4v) is 0.0456. The molecule has 0 bridgehead atoms. The molecule has 0 aliphatic rings. The predicted octanol–water partition coefficient (Wildman–Crippen LogP) is 0.940. The molecule has 0 aliphatic heterocycles. The summed E-state index contributed by atoms with van der Waals surface area (Å²) in [5, 5.41) is 31.4. The molecule has 0 aromatic heterocycles. The molecule has 0 saturated carbocycles. The molecule has 0 amide bonds. The molecule has 0 saturated heterocycles. The highest BCUT2D eigenvalue weighted by atomic mass is 16.4. The molecule has 0 aromatic carbocycles. The molecular weight excluding hydrogens is 234 g/mol. The number of hydrogen-bond acceptors (Lipinski definition) is 6. The van der Waals surface area contributed by atoms with Crippen LogP contribution in [0, 0.1) is 10.9 Å². The van der Waals surface area contributed by atoms with Gasteiger partial charge < -0.3 is 20.7 Å². The van der Waals surface area contributed by atoms with Gasteiger partial charge >= 0.3 is 0 Å². The van der Waals surface area contributed by atoms with Crippen molar-refractivity contribution in [1.82, 2.24) is 0 Å². The first-order valence-corrected chi connectivity index (χ1v) is 4.02. The molecule has 0 fully saturated rings. The van der Waals surface area contributed by atoms with Gasteiger partial charge in [-0.15, -0.1) is 0 Å². The summed E-state index contributed by atoms with van der Waals surface area (Å²) < 4.78 is 0. The van der Waals surface area contributed by atoms with E-state index >= 15 is 0 Å². The molecule has 17 heavy (non-hydrogen) atoms. The van der Waals surface area contributed by atoms with E-state index in [1.807, 2.05) is 0 Å². The van der Waals surface area contributed by atoms with Crippen LogP contribution in [0.15, 0.2) is 5.11 Å². The summed E-state index contributed by atoms with van der Waals surface area (Å²) in [6.07, 6.45) is 1.08. The summed E-state index contributed by atoms with van der Waals surface area (Å²) in [6, 6.07) is 0. The molecule has 9 heteroatoms. The minimum atomic E-state index is -0.833. The van der Waals surface area contributed by atoms with Crippen LogP contribution in [-0.4, -0.2) is 46.0 Å². The van der Waals surface area contributed by atoms with Crippen molar-refractivity contribution in [2.24, 2.45) is 5.11 Å². The molecule has 0 spiro atoms. The van der Waals surface area contributed by atoms with Crippen LogP contribution in [0.2, 0.25) is 0 Å². The maximum absolute atomic E-state index is 9.00. The molecule has 5 N–H and O–H groups in total. The van der Waals surface area contributed by atoms with E-state index in [0.29, 0.717) is 0 Å². The third-order valence-electron chi connectivity index (χ3n) is 0.183. The first-order valence-electron chi connectivity index (χ1n) is 4.02. The van der Waals surface area contributed by atoms with E-state index in [0.717, 1.165) is 27.0 Å². The molecule has 0 atom stereocenters. The summed E-state index contributed by atoms with van der Waals surface area (Å²) in [4.78, 5) is 27.0. The van der Waals surface area contributed by atoms with Crippen molar-refractivity contribution in [1.29, 1.82) is 10.9 Å². The lowest BCUT2D eigenvalue weighted by atomic mass is 10.8. The zero-order valence-corrected chi connectivity index (χ0v) is 9.80. The van der Waals surface area contributed by atoms with Gasteiger partial charge in [0, 0.05) is 27.0 Å². The van der Waals surface area contributed by atoms with Crippen LogP contribution in [0.1, 0.15) is 20.8 Å². The third kappa shape index (κ3) is 18200. The van der Waals surface area contributed by atoms with Crippen molar-refractivity contribution >= 4 is 24.1 Å². The Morgan fingerprint density at radius 3 is 1.18 bits per heavy atom. The number of carbonyl (C=O) groups is 3. The molecular formula is C8H17N3O6. The maximum atomic E-state index is 9.00. The highest BCUT2D eigenvalue weighted by Crippen LogP contribution is 1.51. The van der Waals surface area contributed by atoms with Gasteiger partial charge in [0.05, 0.1) is 6.54 Å². The van der Waals surface area contributed by atoms with Gasteiger partial charge in [-0.05, 0) is 0 Å². The van der Waals surface area contributed by atoms with E-state index in [9.17, 15) is 0 Å². The molecule has 0 unspecified atom stereocenters. The Labute approximate surface area is 98.1 Å². The van der Waals surface area contributed by atoms with E-state index in [1.165, 1.54) is 0 Å². The van der Waals surface area contributed by atoms with E-state index < -0.39 is 17.9 Å². The quantitative estimate of drug-likeness (QED) is 0.360. The number of nitrogens with zero attached hydrogens (tertiary/aromatic N) is 1. The Kier molecular flexibility index (Phi) is 33.3. The summed E-state index contributed by atoms with van der Waals surface area (Å²) in [6.45, 7) is 3.47. The Morgan fingerprint density at radius 2 is 1.18 bits per heavy atom. The summed E-state index contributed by atoms with van der Waals surface area (Å²) in [5.41, 5.74) is 6.08. The van der Waals surface area contributed by atoms with Crippen LogP contribution in [0.4, 0.5) is 0 Å². The minimum absolute atomic E-state index is 0.222. The minimum Gasteiger partial charge on any atom is -0.481 e. The molecule has 0 aromatic rings. The summed E-state index contributed by atoms with van der Waals surface area (Å²) in [7, 11) is 0. The van der Waals surface area contributed by atoms with Crippen molar-refractivity contribution in [2.45, 2.75) is 20.8 Å². The Balaban J connectivity index is -0.0000000667. The Hall–Kier alpha value is -2.32. The lowest BCUT2D eigenvalue weighted by Gasteiger charge is -1.62. The third-order valence-corrected chi connectivity index (χ3v) is 0.183. The molecule has 0 rings (SSSR count). The lowest BCUT2D eigenvalue weighted by Crippen LogP contribution is -1.78. The summed E-state index contributed by atoms with van der Waals surface area (Å²) >= 11 is 0. The van der Waals surface area contributed by atoms with Gasteiger partial charge in [-0.3, -0.25) is 14.4 Å². The van der Waals surface area contributed by atoms with E-state index in [-0.39, 0.29) is 6.54 Å². The maximum Gasteiger partial charge on any atom is 0.300 e. The van der Waals surface area contributed by atoms with Gasteiger partial charge in [-0.25, -0.2) is 5.53 Å². The van der Waals surface area contributed by atoms with Gasteiger partial charge in [-0.2, -0.15) is 5.11 Å². The zero-order valence-electron chi connectivity index (χ0n) is 9.80. The van der Waals surface area contributed by atoms with Crippen molar-refractivity contribution in [3.8, 4) is 0 Å². The predicted molar refractivity (Wildman–Crippen MR) is 58.7 cm³/mol. The van der Waals surface area contributed by atoms with Crippen molar-refractivity contribution < 1.29 is 29.7 Å². The topological polar surface area (TPSA) is 172 Å². The fourth-order valence-electron chi connectivity index (χ4n) is 0.0456. The van der Waals surface area contributed by atoms with Gasteiger partial charge in [0.2, 0.25) is 0 Å². The number of rotatable bonds is 2. The summed E-state index contributed by atoms with van der Waals surface area (Å²) in [5.74, 6) is -2.50. The van der Waals surface area contributed by atoms with Crippen molar-refractivity contribution in [2.75, 3.05) is 6.54 Å². The largest absolute Gasteiger partial charge is 0.481 e. The van der Waals surface area contributed by atoms with E-state index in [4.69, 9.17) is 40.6 Å². The second-order valence-corrected chi connectivity index (χ2v) is 2.10. The van der Waals surface area contributed by atoms with E-state index in [1.54, 1.807) is 0 Å². The Morgan fingerprint density at radius 1 is 1.00 bits per heavy atom. The first-order chi connectivity index (χ1) is 7.61. The standard InChI is InChI=1S/C2H5N3.3C2H4O2/c3-1-2-5-4;3*1-2(3)4/h1,3-4H,2H2;3*1H3,(H,3,4). The highest BCUT2D eigenvalue weighted by Gasteiger charge is 1.66. The van der Waals surface area contributed by atoms with Crippen LogP contribution in [0.5, 0.6) is 0 Å². The SMILES string of the molecule is CC(=O)O.CC(=O)O.CC(=O)O.N=CCN=N. The average Bonchev–Trinajstić information content (AvgIpc) is 2.01. The molecule has 0 radical (unpaired) electrons. The second kappa shape index (κ2) is 23.5. The normalized spacial score (nSPS) is 6.29. The van der Waals surface area contributed by atoms with Gasteiger partial charge in [0.25, 0.3) is 17.9 Å². The molecule has 0 aliphatic carbocycles. The fraction of sp³-hybridized carbons (Fsp3) is 0.500.